The van der Waals surface area contributed by atoms with Crippen molar-refractivity contribution in [1.29, 1.82) is 5.41 Å². The molecule has 1 fully saturated rings. The van der Waals surface area contributed by atoms with Crippen LogP contribution in [-0.4, -0.2) is 29.2 Å². The third kappa shape index (κ3) is 3.51. The number of carbonyl (C=O) groups is 2. The normalized spacial score (nSPS) is 16.6. The van der Waals surface area contributed by atoms with Gasteiger partial charge in [-0.15, -0.1) is 0 Å². The summed E-state index contributed by atoms with van der Waals surface area (Å²) >= 11 is 5.89. The van der Waals surface area contributed by atoms with Gasteiger partial charge in [-0.3, -0.25) is 9.59 Å². The maximum Gasteiger partial charge on any atom is 0.317 e. The van der Waals surface area contributed by atoms with Crippen molar-refractivity contribution in [3.05, 3.63) is 46.2 Å². The van der Waals surface area contributed by atoms with Gasteiger partial charge < -0.3 is 15.3 Å². The molecule has 1 saturated carbocycles. The summed E-state index contributed by atoms with van der Waals surface area (Å²) in [5.41, 5.74) is -0.0632. The summed E-state index contributed by atoms with van der Waals surface area (Å²) in [4.78, 5) is 24.0. The fourth-order valence-corrected chi connectivity index (χ4v) is 3.06. The molecule has 0 heterocycles. The predicted molar refractivity (Wildman–Crippen MR) is 91.7 cm³/mol. The lowest BCUT2D eigenvalue weighted by atomic mass is 9.64. The Bertz CT molecular complexity index is 686. The molecular weight excluding hydrogens is 330 g/mol. The number of halogens is 1. The average molecular weight is 350 g/mol. The maximum atomic E-state index is 12.6. The van der Waals surface area contributed by atoms with Crippen LogP contribution in [0, 0.1) is 5.41 Å². The molecule has 1 aliphatic rings. The molecule has 0 unspecified atom stereocenters. The molecule has 5 nitrogen and oxygen atoms in total. The van der Waals surface area contributed by atoms with E-state index in [1.807, 2.05) is 0 Å². The molecule has 1 aliphatic carbocycles. The van der Waals surface area contributed by atoms with Crippen LogP contribution in [0.1, 0.15) is 38.7 Å². The molecule has 6 heteroatoms. The smallest absolute Gasteiger partial charge is 0.317 e. The largest absolute Gasteiger partial charge is 0.508 e. The lowest BCUT2D eigenvalue weighted by Crippen LogP contribution is -2.44. The zero-order valence-corrected chi connectivity index (χ0v) is 14.4. The number of Topliss-reactive ketones (excluding diaryl/α,β-unsaturated/α-hetero) is 1. The van der Waals surface area contributed by atoms with Crippen molar-refractivity contribution in [2.45, 2.75) is 38.5 Å². The number of hydrogen-bond donors (Lipinski definition) is 2. The summed E-state index contributed by atoms with van der Waals surface area (Å²) in [5, 5.41) is 18.1. The van der Waals surface area contributed by atoms with E-state index < -0.39 is 29.5 Å². The van der Waals surface area contributed by atoms with E-state index in [1.54, 1.807) is 24.3 Å². The summed E-state index contributed by atoms with van der Waals surface area (Å²) < 4.78 is 5.25. The van der Waals surface area contributed by atoms with Gasteiger partial charge in [0, 0.05) is 10.7 Å². The Labute approximate surface area is 145 Å². The van der Waals surface area contributed by atoms with E-state index in [0.29, 0.717) is 17.9 Å². The third-order valence-electron chi connectivity index (χ3n) is 4.35. The van der Waals surface area contributed by atoms with Crippen LogP contribution in [0.4, 0.5) is 0 Å². The number of aliphatic hydroxyl groups excluding tert-OH is 1. The molecule has 0 amide bonds. The Hall–Kier alpha value is -2.14. The highest BCUT2D eigenvalue weighted by molar-refractivity contribution is 6.30. The van der Waals surface area contributed by atoms with E-state index in [1.165, 1.54) is 13.8 Å². The first-order valence-corrected chi connectivity index (χ1v) is 8.07. The van der Waals surface area contributed by atoms with Crippen molar-refractivity contribution in [3.63, 3.8) is 0 Å². The van der Waals surface area contributed by atoms with Crippen LogP contribution in [-0.2, 0) is 19.7 Å². The van der Waals surface area contributed by atoms with Crippen molar-refractivity contribution < 1.29 is 19.4 Å². The van der Waals surface area contributed by atoms with Crippen LogP contribution < -0.4 is 0 Å². The van der Waals surface area contributed by atoms with Gasteiger partial charge in [0.15, 0.2) is 5.78 Å². The van der Waals surface area contributed by atoms with Gasteiger partial charge in [0.05, 0.1) is 11.0 Å². The number of aliphatic hydroxyl groups is 1. The van der Waals surface area contributed by atoms with Crippen molar-refractivity contribution in [2.24, 2.45) is 0 Å². The number of carbonyl (C=O) groups excluding carboxylic acids is 2. The second-order valence-electron chi connectivity index (χ2n) is 6.02. The van der Waals surface area contributed by atoms with E-state index in [-0.39, 0.29) is 11.3 Å². The average Bonchev–Trinajstić information content (AvgIpc) is 2.45. The van der Waals surface area contributed by atoms with Gasteiger partial charge in [-0.05, 0) is 44.4 Å². The molecular formula is C18H20ClNO4. The van der Waals surface area contributed by atoms with Crippen LogP contribution in [0.2, 0.25) is 5.02 Å². The highest BCUT2D eigenvalue weighted by atomic mass is 35.5. The number of ketones is 1. The number of nitrogens with one attached hydrogen (secondary N) is 1. The van der Waals surface area contributed by atoms with Gasteiger partial charge >= 0.3 is 5.97 Å². The zero-order chi connectivity index (χ0) is 17.9. The molecule has 1 aromatic carbocycles. The van der Waals surface area contributed by atoms with Gasteiger partial charge in [-0.2, -0.15) is 0 Å². The number of rotatable bonds is 6. The fraction of sp³-hybridized carbons (Fsp3) is 0.389. The molecule has 128 valence electrons. The molecule has 1 aromatic rings. The van der Waals surface area contributed by atoms with Crippen LogP contribution in [0.3, 0.4) is 0 Å². The second-order valence-corrected chi connectivity index (χ2v) is 6.46. The predicted octanol–water partition coefficient (Wildman–Crippen LogP) is 3.75. The minimum atomic E-state index is -0.721. The van der Waals surface area contributed by atoms with Crippen LogP contribution in [0.25, 0.3) is 0 Å². The van der Waals surface area contributed by atoms with Crippen molar-refractivity contribution in [2.75, 3.05) is 6.61 Å². The van der Waals surface area contributed by atoms with Crippen LogP contribution >= 0.6 is 11.6 Å². The van der Waals surface area contributed by atoms with Crippen LogP contribution in [0.15, 0.2) is 35.6 Å². The Kier molecular flexibility index (Phi) is 5.44. The third-order valence-corrected chi connectivity index (χ3v) is 4.60. The second kappa shape index (κ2) is 7.18. The summed E-state index contributed by atoms with van der Waals surface area (Å²) in [6.07, 6.45) is 2.25. The first-order chi connectivity index (χ1) is 11.3. The molecule has 0 spiro atoms. The lowest BCUT2D eigenvalue weighted by Gasteiger charge is -2.39. The van der Waals surface area contributed by atoms with E-state index >= 15 is 0 Å². The molecule has 2 N–H and O–H groups in total. The highest BCUT2D eigenvalue weighted by Crippen LogP contribution is 2.45. The van der Waals surface area contributed by atoms with Gasteiger partial charge in [0.2, 0.25) is 0 Å². The molecule has 0 aromatic heterocycles. The molecule has 24 heavy (non-hydrogen) atoms. The molecule has 0 radical (unpaired) electrons. The van der Waals surface area contributed by atoms with Gasteiger partial charge in [0.25, 0.3) is 0 Å². The van der Waals surface area contributed by atoms with Gasteiger partial charge in [0.1, 0.15) is 12.4 Å². The Morgan fingerprint density at radius 1 is 1.25 bits per heavy atom. The summed E-state index contributed by atoms with van der Waals surface area (Å²) in [6, 6.07) is 7.07. The first-order valence-electron chi connectivity index (χ1n) is 7.70. The first kappa shape index (κ1) is 18.2. The van der Waals surface area contributed by atoms with E-state index in [0.717, 1.165) is 12.0 Å². The highest BCUT2D eigenvalue weighted by Gasteiger charge is 2.47. The minimum Gasteiger partial charge on any atom is -0.508 e. The monoisotopic (exact) mass is 349 g/mol. The van der Waals surface area contributed by atoms with E-state index in [2.05, 4.69) is 0 Å². The molecule has 0 saturated heterocycles. The summed E-state index contributed by atoms with van der Waals surface area (Å²) in [5.74, 6) is -1.27. The SMILES string of the molecule is CC(=N)/C(C(C)=O)=C(/O)COC(=O)C1(c2ccc(Cl)cc2)CCC1. The number of benzene rings is 1. The van der Waals surface area contributed by atoms with Crippen LogP contribution in [0.5, 0.6) is 0 Å². The summed E-state index contributed by atoms with van der Waals surface area (Å²) in [7, 11) is 0. The maximum absolute atomic E-state index is 12.6. The Morgan fingerprint density at radius 2 is 1.83 bits per heavy atom. The molecule has 0 aliphatic heterocycles. The standard InChI is InChI=1S/C18H20ClNO4/c1-11(20)16(12(2)21)15(22)10-24-17(23)18(8-3-9-18)13-4-6-14(19)7-5-13/h4-7,20,22H,3,8-10H2,1-2H3/b16-15-,20-11?. The topological polar surface area (TPSA) is 87.5 Å². The van der Waals surface area contributed by atoms with Crippen molar-refractivity contribution in [3.8, 4) is 0 Å². The van der Waals surface area contributed by atoms with E-state index in [9.17, 15) is 14.7 Å². The van der Waals surface area contributed by atoms with Gasteiger partial charge in [-0.1, -0.05) is 30.2 Å². The Balaban J connectivity index is 2.16. The number of allylic oxidation sites excluding steroid dienone is 1. The summed E-state index contributed by atoms with van der Waals surface area (Å²) in [6.45, 7) is 2.24. The molecule has 2 rings (SSSR count). The molecule has 0 atom stereocenters. The van der Waals surface area contributed by atoms with Gasteiger partial charge in [-0.25, -0.2) is 0 Å². The Morgan fingerprint density at radius 3 is 2.25 bits per heavy atom. The number of hydrogen-bond acceptors (Lipinski definition) is 5. The number of ether oxygens (including phenoxy) is 1. The fourth-order valence-electron chi connectivity index (χ4n) is 2.94. The zero-order valence-electron chi connectivity index (χ0n) is 13.7. The van der Waals surface area contributed by atoms with E-state index in [4.69, 9.17) is 21.7 Å². The minimum absolute atomic E-state index is 0.0629. The van der Waals surface area contributed by atoms with Crippen molar-refractivity contribution >= 4 is 29.1 Å². The number of esters is 1. The lowest BCUT2D eigenvalue weighted by molar-refractivity contribution is -0.154. The molecule has 0 bridgehead atoms. The quantitative estimate of drug-likeness (QED) is 0.354. The van der Waals surface area contributed by atoms with Crippen molar-refractivity contribution in [1.82, 2.24) is 0 Å².